The van der Waals surface area contributed by atoms with Crippen LogP contribution in [0.3, 0.4) is 0 Å². The summed E-state index contributed by atoms with van der Waals surface area (Å²) in [6, 6.07) is 3.60. The highest BCUT2D eigenvalue weighted by molar-refractivity contribution is 9.10. The number of ether oxygens (including phenoxy) is 2. The molecule has 0 amide bonds. The molecule has 0 spiro atoms. The van der Waals surface area contributed by atoms with E-state index in [2.05, 4.69) is 15.9 Å². The average Bonchev–Trinajstić information content (AvgIpc) is 2.27. The molecule has 1 aromatic carbocycles. The molecule has 4 heteroatoms. The highest BCUT2D eigenvalue weighted by Gasteiger charge is 2.18. The Bertz CT molecular complexity index is 364. The largest absolute Gasteiger partial charge is 0.493 e. The summed E-state index contributed by atoms with van der Waals surface area (Å²) in [6.45, 7) is 3.93. The van der Waals surface area contributed by atoms with E-state index >= 15 is 0 Å². The lowest BCUT2D eigenvalue weighted by molar-refractivity contribution is 0.126. The van der Waals surface area contributed by atoms with Crippen LogP contribution in [0, 0.1) is 5.92 Å². The van der Waals surface area contributed by atoms with Gasteiger partial charge in [0.2, 0.25) is 0 Å². The molecule has 0 bridgehead atoms. The van der Waals surface area contributed by atoms with Crippen LogP contribution in [0.1, 0.15) is 25.5 Å². The molecule has 16 heavy (non-hydrogen) atoms. The van der Waals surface area contributed by atoms with Gasteiger partial charge in [0.25, 0.3) is 0 Å². The Labute approximate surface area is 105 Å². The molecule has 90 valence electrons. The quantitative estimate of drug-likeness (QED) is 0.925. The molecular formula is C12H17BrO3. The lowest BCUT2D eigenvalue weighted by atomic mass is 9.99. The Kier molecular flexibility index (Phi) is 4.62. The van der Waals surface area contributed by atoms with Crippen molar-refractivity contribution in [1.82, 2.24) is 0 Å². The van der Waals surface area contributed by atoms with Crippen molar-refractivity contribution in [2.45, 2.75) is 20.0 Å². The lowest BCUT2D eigenvalue weighted by Gasteiger charge is -2.18. The summed E-state index contributed by atoms with van der Waals surface area (Å²) in [7, 11) is 3.17. The summed E-state index contributed by atoms with van der Waals surface area (Å²) in [4.78, 5) is 0. The van der Waals surface area contributed by atoms with Gasteiger partial charge in [-0.25, -0.2) is 0 Å². The molecule has 0 heterocycles. The van der Waals surface area contributed by atoms with Gasteiger partial charge in [0, 0.05) is 4.47 Å². The van der Waals surface area contributed by atoms with Gasteiger partial charge in [-0.05, 0) is 23.6 Å². The number of aliphatic hydroxyl groups is 1. The Balaban J connectivity index is 3.21. The van der Waals surface area contributed by atoms with E-state index in [1.54, 1.807) is 26.4 Å². The summed E-state index contributed by atoms with van der Waals surface area (Å²) in [6.07, 6.45) is -0.519. The number of rotatable bonds is 4. The Morgan fingerprint density at radius 2 is 1.62 bits per heavy atom. The zero-order chi connectivity index (χ0) is 12.3. The molecule has 1 unspecified atom stereocenters. The van der Waals surface area contributed by atoms with Crippen molar-refractivity contribution in [2.24, 2.45) is 5.92 Å². The molecule has 0 saturated carbocycles. The van der Waals surface area contributed by atoms with E-state index in [1.807, 2.05) is 13.8 Å². The first kappa shape index (κ1) is 13.3. The maximum atomic E-state index is 10.0. The van der Waals surface area contributed by atoms with Gasteiger partial charge in [-0.1, -0.05) is 29.8 Å². The summed E-state index contributed by atoms with van der Waals surface area (Å²) >= 11 is 3.42. The van der Waals surface area contributed by atoms with E-state index in [9.17, 15) is 5.11 Å². The van der Waals surface area contributed by atoms with E-state index < -0.39 is 6.10 Å². The molecule has 0 aromatic heterocycles. The lowest BCUT2D eigenvalue weighted by Crippen LogP contribution is -2.07. The summed E-state index contributed by atoms with van der Waals surface area (Å²) in [5.41, 5.74) is 0.813. The maximum absolute atomic E-state index is 10.0. The van der Waals surface area contributed by atoms with Gasteiger partial charge in [-0.3, -0.25) is 0 Å². The van der Waals surface area contributed by atoms with E-state index in [-0.39, 0.29) is 5.92 Å². The first-order valence-corrected chi connectivity index (χ1v) is 5.90. The van der Waals surface area contributed by atoms with Crippen LogP contribution >= 0.6 is 15.9 Å². The third-order valence-electron chi connectivity index (χ3n) is 2.45. The number of halogens is 1. The standard InChI is InChI=1S/C12H17BrO3/c1-7(2)12(14)8-5-10(15-3)11(16-4)6-9(8)13/h5-7,12,14H,1-4H3. The number of methoxy groups -OCH3 is 2. The third-order valence-corrected chi connectivity index (χ3v) is 3.14. The first-order valence-electron chi connectivity index (χ1n) is 5.10. The molecule has 1 N–H and O–H groups in total. The molecule has 0 saturated heterocycles. The van der Waals surface area contributed by atoms with Crippen molar-refractivity contribution >= 4 is 15.9 Å². The second-order valence-electron chi connectivity index (χ2n) is 3.92. The zero-order valence-corrected chi connectivity index (χ0v) is 11.5. The first-order chi connectivity index (χ1) is 7.51. The van der Waals surface area contributed by atoms with Gasteiger partial charge in [-0.15, -0.1) is 0 Å². The highest BCUT2D eigenvalue weighted by Crippen LogP contribution is 2.37. The molecule has 0 fully saturated rings. The van der Waals surface area contributed by atoms with Crippen molar-refractivity contribution in [3.05, 3.63) is 22.2 Å². The van der Waals surface area contributed by atoms with Crippen LogP contribution in [0.15, 0.2) is 16.6 Å². The Morgan fingerprint density at radius 3 is 2.06 bits per heavy atom. The van der Waals surface area contributed by atoms with Gasteiger partial charge < -0.3 is 14.6 Å². The van der Waals surface area contributed by atoms with Crippen molar-refractivity contribution in [3.8, 4) is 11.5 Å². The second kappa shape index (κ2) is 5.55. The number of hydrogen-bond acceptors (Lipinski definition) is 3. The van der Waals surface area contributed by atoms with Crippen LogP contribution in [0.2, 0.25) is 0 Å². The molecule has 3 nitrogen and oxygen atoms in total. The molecule has 1 rings (SSSR count). The predicted octanol–water partition coefficient (Wildman–Crippen LogP) is 3.16. The van der Waals surface area contributed by atoms with E-state index in [1.165, 1.54) is 0 Å². The van der Waals surface area contributed by atoms with Gasteiger partial charge >= 0.3 is 0 Å². The molecule has 1 atom stereocenters. The minimum atomic E-state index is -0.519. The van der Waals surface area contributed by atoms with Crippen LogP contribution in [0.25, 0.3) is 0 Å². The average molecular weight is 289 g/mol. The topological polar surface area (TPSA) is 38.7 Å². The zero-order valence-electron chi connectivity index (χ0n) is 9.95. The molecule has 0 aliphatic rings. The predicted molar refractivity (Wildman–Crippen MR) is 67.0 cm³/mol. The fraction of sp³-hybridized carbons (Fsp3) is 0.500. The normalized spacial score (nSPS) is 12.7. The van der Waals surface area contributed by atoms with Crippen molar-refractivity contribution in [1.29, 1.82) is 0 Å². The summed E-state index contributed by atoms with van der Waals surface area (Å²) in [5.74, 6) is 1.42. The van der Waals surface area contributed by atoms with E-state index in [0.29, 0.717) is 11.5 Å². The molecule has 0 radical (unpaired) electrons. The smallest absolute Gasteiger partial charge is 0.161 e. The minimum absolute atomic E-state index is 0.148. The van der Waals surface area contributed by atoms with E-state index in [0.717, 1.165) is 10.0 Å². The van der Waals surface area contributed by atoms with Crippen molar-refractivity contribution < 1.29 is 14.6 Å². The van der Waals surface area contributed by atoms with Gasteiger partial charge in [0.1, 0.15) is 0 Å². The minimum Gasteiger partial charge on any atom is -0.493 e. The van der Waals surface area contributed by atoms with Gasteiger partial charge in [-0.2, -0.15) is 0 Å². The second-order valence-corrected chi connectivity index (χ2v) is 4.77. The summed E-state index contributed by atoms with van der Waals surface area (Å²) < 4.78 is 11.2. The molecule has 0 aliphatic carbocycles. The van der Waals surface area contributed by atoms with Crippen LogP contribution in [0.4, 0.5) is 0 Å². The van der Waals surface area contributed by atoms with E-state index in [4.69, 9.17) is 9.47 Å². The van der Waals surface area contributed by atoms with Crippen molar-refractivity contribution in [3.63, 3.8) is 0 Å². The third kappa shape index (κ3) is 2.68. The van der Waals surface area contributed by atoms with Gasteiger partial charge in [0.15, 0.2) is 11.5 Å². The molecule has 0 aliphatic heterocycles. The fourth-order valence-corrected chi connectivity index (χ4v) is 2.01. The Morgan fingerprint density at radius 1 is 1.12 bits per heavy atom. The van der Waals surface area contributed by atoms with Crippen LogP contribution < -0.4 is 9.47 Å². The Hall–Kier alpha value is -0.740. The summed E-state index contributed by atoms with van der Waals surface area (Å²) in [5, 5.41) is 10.0. The van der Waals surface area contributed by atoms with Gasteiger partial charge in [0.05, 0.1) is 20.3 Å². The molecule has 1 aromatic rings. The number of aliphatic hydroxyl groups excluding tert-OH is 1. The SMILES string of the molecule is COc1cc(Br)c(C(O)C(C)C)cc1OC. The van der Waals surface area contributed by atoms with Crippen LogP contribution in [-0.4, -0.2) is 19.3 Å². The van der Waals surface area contributed by atoms with Crippen molar-refractivity contribution in [2.75, 3.05) is 14.2 Å². The van der Waals surface area contributed by atoms with Crippen LogP contribution in [-0.2, 0) is 0 Å². The van der Waals surface area contributed by atoms with Crippen LogP contribution in [0.5, 0.6) is 11.5 Å². The monoisotopic (exact) mass is 288 g/mol. The number of hydrogen-bond donors (Lipinski definition) is 1. The maximum Gasteiger partial charge on any atom is 0.161 e. The molecular weight excluding hydrogens is 272 g/mol. The number of benzene rings is 1. The highest BCUT2D eigenvalue weighted by atomic mass is 79.9. The fourth-order valence-electron chi connectivity index (χ4n) is 1.46.